The van der Waals surface area contributed by atoms with Gasteiger partial charge in [-0.2, -0.15) is 0 Å². The molecule has 0 spiro atoms. The van der Waals surface area contributed by atoms with E-state index in [1.165, 1.54) is 38.0 Å². The minimum Gasteiger partial charge on any atom is -0.315 e. The molecule has 2 aliphatic rings. The molecule has 0 aliphatic carbocycles. The maximum atomic E-state index is 3.53. The summed E-state index contributed by atoms with van der Waals surface area (Å²) >= 11 is 0. The van der Waals surface area contributed by atoms with Crippen molar-refractivity contribution in [2.24, 2.45) is 5.92 Å². The second kappa shape index (κ2) is 4.56. The zero-order valence-electron chi connectivity index (χ0n) is 9.73. The molecule has 2 saturated heterocycles. The van der Waals surface area contributed by atoms with Gasteiger partial charge in [-0.3, -0.25) is 4.90 Å². The summed E-state index contributed by atoms with van der Waals surface area (Å²) in [5, 5.41) is 3.53. The van der Waals surface area contributed by atoms with E-state index in [0.29, 0.717) is 0 Å². The van der Waals surface area contributed by atoms with Crippen LogP contribution < -0.4 is 5.32 Å². The molecule has 2 heterocycles. The predicted octanol–water partition coefficient (Wildman–Crippen LogP) is 1.87. The summed E-state index contributed by atoms with van der Waals surface area (Å²) in [6.45, 7) is 4.83. The van der Waals surface area contributed by atoms with Crippen LogP contribution in [0, 0.1) is 5.92 Å². The summed E-state index contributed by atoms with van der Waals surface area (Å²) in [4.78, 5) is 2.66. The Labute approximate surface area is 97.6 Å². The Morgan fingerprint density at radius 3 is 2.94 bits per heavy atom. The molecular weight excluding hydrogens is 196 g/mol. The van der Waals surface area contributed by atoms with E-state index in [-0.39, 0.29) is 0 Å². The highest BCUT2D eigenvalue weighted by Gasteiger charge is 2.35. The third kappa shape index (κ3) is 2.00. The monoisotopic (exact) mass is 216 g/mol. The number of nitrogens with one attached hydrogen (secondary N) is 1. The molecular formula is C14H20N2. The van der Waals surface area contributed by atoms with Crippen molar-refractivity contribution in [1.82, 2.24) is 10.2 Å². The van der Waals surface area contributed by atoms with Crippen LogP contribution in [-0.2, 0) is 6.54 Å². The molecule has 2 nitrogen and oxygen atoms in total. The normalized spacial score (nSPS) is 30.2. The van der Waals surface area contributed by atoms with Crippen LogP contribution in [0.15, 0.2) is 30.3 Å². The highest BCUT2D eigenvalue weighted by molar-refractivity contribution is 5.15. The molecule has 2 heteroatoms. The Hall–Kier alpha value is -0.860. The summed E-state index contributed by atoms with van der Waals surface area (Å²) in [6, 6.07) is 11.6. The smallest absolute Gasteiger partial charge is 0.0253 e. The molecule has 86 valence electrons. The number of nitrogens with zero attached hydrogens (tertiary/aromatic N) is 1. The Balaban J connectivity index is 1.67. The van der Waals surface area contributed by atoms with E-state index in [4.69, 9.17) is 0 Å². The SMILES string of the molecule is c1ccc(CN2CC[C@@H]3CCNC[C@H]32)cc1. The first kappa shape index (κ1) is 10.3. The van der Waals surface area contributed by atoms with E-state index in [0.717, 1.165) is 18.5 Å². The van der Waals surface area contributed by atoms with Crippen molar-refractivity contribution in [1.29, 1.82) is 0 Å². The van der Waals surface area contributed by atoms with Gasteiger partial charge in [-0.25, -0.2) is 0 Å². The van der Waals surface area contributed by atoms with Gasteiger partial charge in [0, 0.05) is 19.1 Å². The lowest BCUT2D eigenvalue weighted by Gasteiger charge is -2.32. The second-order valence-corrected chi connectivity index (χ2v) is 5.06. The maximum absolute atomic E-state index is 3.53. The summed E-state index contributed by atoms with van der Waals surface area (Å²) in [5.41, 5.74) is 1.45. The Morgan fingerprint density at radius 1 is 1.19 bits per heavy atom. The first-order valence-corrected chi connectivity index (χ1v) is 6.42. The first-order valence-electron chi connectivity index (χ1n) is 6.42. The minimum absolute atomic E-state index is 0.786. The zero-order chi connectivity index (χ0) is 10.8. The molecule has 1 aromatic rings. The van der Waals surface area contributed by atoms with Gasteiger partial charge in [0.05, 0.1) is 0 Å². The number of hydrogen-bond donors (Lipinski definition) is 1. The van der Waals surface area contributed by atoms with Crippen molar-refractivity contribution < 1.29 is 0 Å². The van der Waals surface area contributed by atoms with Crippen molar-refractivity contribution in [2.45, 2.75) is 25.4 Å². The maximum Gasteiger partial charge on any atom is 0.0253 e. The largest absolute Gasteiger partial charge is 0.315 e. The van der Waals surface area contributed by atoms with Gasteiger partial charge in [0.15, 0.2) is 0 Å². The number of hydrogen-bond acceptors (Lipinski definition) is 2. The molecule has 2 atom stereocenters. The quantitative estimate of drug-likeness (QED) is 0.812. The fourth-order valence-corrected chi connectivity index (χ4v) is 3.17. The third-order valence-corrected chi connectivity index (χ3v) is 4.07. The van der Waals surface area contributed by atoms with Gasteiger partial charge in [-0.05, 0) is 37.4 Å². The zero-order valence-corrected chi connectivity index (χ0v) is 9.73. The van der Waals surface area contributed by atoms with E-state index in [9.17, 15) is 0 Å². The molecule has 2 fully saturated rings. The van der Waals surface area contributed by atoms with Crippen LogP contribution in [0.25, 0.3) is 0 Å². The van der Waals surface area contributed by atoms with Crippen LogP contribution in [0.1, 0.15) is 18.4 Å². The molecule has 2 aliphatic heterocycles. The number of rotatable bonds is 2. The van der Waals surface area contributed by atoms with E-state index >= 15 is 0 Å². The standard InChI is InChI=1S/C14H20N2/c1-2-4-12(5-3-1)11-16-9-7-13-6-8-15-10-14(13)16/h1-5,13-15H,6-11H2/t13-,14+/m0/s1. The highest BCUT2D eigenvalue weighted by atomic mass is 15.2. The van der Waals surface area contributed by atoms with E-state index in [1.54, 1.807) is 0 Å². The van der Waals surface area contributed by atoms with Crippen LogP contribution in [0.2, 0.25) is 0 Å². The van der Waals surface area contributed by atoms with Gasteiger partial charge < -0.3 is 5.32 Å². The number of piperidine rings is 1. The Bertz CT molecular complexity index is 336. The van der Waals surface area contributed by atoms with Crippen LogP contribution in [0.4, 0.5) is 0 Å². The van der Waals surface area contributed by atoms with Gasteiger partial charge >= 0.3 is 0 Å². The molecule has 1 aromatic carbocycles. The molecule has 0 amide bonds. The molecule has 0 radical (unpaired) electrons. The first-order chi connectivity index (χ1) is 7.93. The Kier molecular flexibility index (Phi) is 2.94. The molecule has 0 unspecified atom stereocenters. The van der Waals surface area contributed by atoms with Gasteiger partial charge in [0.1, 0.15) is 0 Å². The average molecular weight is 216 g/mol. The second-order valence-electron chi connectivity index (χ2n) is 5.06. The molecule has 0 bridgehead atoms. The van der Waals surface area contributed by atoms with E-state index in [1.807, 2.05) is 0 Å². The lowest BCUT2D eigenvalue weighted by molar-refractivity contribution is 0.188. The summed E-state index contributed by atoms with van der Waals surface area (Å²) in [7, 11) is 0. The molecule has 1 N–H and O–H groups in total. The molecule has 16 heavy (non-hydrogen) atoms. The predicted molar refractivity (Wildman–Crippen MR) is 66.2 cm³/mol. The molecule has 0 aromatic heterocycles. The van der Waals surface area contributed by atoms with Gasteiger partial charge in [0.2, 0.25) is 0 Å². The number of likely N-dealkylation sites (tertiary alicyclic amines) is 1. The Morgan fingerprint density at radius 2 is 2.06 bits per heavy atom. The number of benzene rings is 1. The fourth-order valence-electron chi connectivity index (χ4n) is 3.17. The minimum atomic E-state index is 0.786. The summed E-state index contributed by atoms with van der Waals surface area (Å²) < 4.78 is 0. The highest BCUT2D eigenvalue weighted by Crippen LogP contribution is 2.29. The van der Waals surface area contributed by atoms with Gasteiger partial charge in [-0.1, -0.05) is 30.3 Å². The lowest BCUT2D eigenvalue weighted by Crippen LogP contribution is -2.45. The lowest BCUT2D eigenvalue weighted by atomic mass is 9.93. The van der Waals surface area contributed by atoms with Crippen molar-refractivity contribution in [3.8, 4) is 0 Å². The average Bonchev–Trinajstić information content (AvgIpc) is 2.74. The topological polar surface area (TPSA) is 15.3 Å². The fraction of sp³-hybridized carbons (Fsp3) is 0.571. The van der Waals surface area contributed by atoms with Crippen LogP contribution in [-0.4, -0.2) is 30.6 Å². The van der Waals surface area contributed by atoms with E-state index < -0.39 is 0 Å². The van der Waals surface area contributed by atoms with Crippen molar-refractivity contribution in [3.05, 3.63) is 35.9 Å². The summed E-state index contributed by atoms with van der Waals surface area (Å²) in [5.74, 6) is 0.949. The third-order valence-electron chi connectivity index (χ3n) is 4.07. The van der Waals surface area contributed by atoms with Gasteiger partial charge in [0.25, 0.3) is 0 Å². The van der Waals surface area contributed by atoms with Crippen molar-refractivity contribution in [2.75, 3.05) is 19.6 Å². The molecule has 3 rings (SSSR count). The van der Waals surface area contributed by atoms with Crippen LogP contribution >= 0.6 is 0 Å². The van der Waals surface area contributed by atoms with Crippen LogP contribution in [0.5, 0.6) is 0 Å². The summed E-state index contributed by atoms with van der Waals surface area (Å²) in [6.07, 6.45) is 2.77. The molecule has 0 saturated carbocycles. The van der Waals surface area contributed by atoms with Gasteiger partial charge in [-0.15, -0.1) is 0 Å². The van der Waals surface area contributed by atoms with Crippen molar-refractivity contribution >= 4 is 0 Å². The van der Waals surface area contributed by atoms with Crippen molar-refractivity contribution in [3.63, 3.8) is 0 Å². The number of fused-ring (bicyclic) bond motifs is 1. The van der Waals surface area contributed by atoms with Crippen LogP contribution in [0.3, 0.4) is 0 Å². The van der Waals surface area contributed by atoms with E-state index in [2.05, 4.69) is 40.5 Å².